The molecule has 136 valence electrons. The van der Waals surface area contributed by atoms with Gasteiger partial charge in [0.05, 0.1) is 18.1 Å². The van der Waals surface area contributed by atoms with Crippen molar-refractivity contribution in [2.45, 2.75) is 31.5 Å². The maximum Gasteiger partial charge on any atom is 0.269 e. The van der Waals surface area contributed by atoms with E-state index in [1.807, 2.05) is 4.90 Å². The fraction of sp³-hybridized carbons (Fsp3) is 0.588. The van der Waals surface area contributed by atoms with Crippen LogP contribution in [0.3, 0.4) is 0 Å². The predicted octanol–water partition coefficient (Wildman–Crippen LogP) is 2.15. The Morgan fingerprint density at radius 3 is 2.44 bits per heavy atom. The van der Waals surface area contributed by atoms with Crippen molar-refractivity contribution >= 4 is 17.3 Å². The lowest BCUT2D eigenvalue weighted by Crippen LogP contribution is -2.47. The second kappa shape index (κ2) is 7.79. The molecule has 1 spiro atoms. The molecule has 1 N–H and O–H groups in total. The van der Waals surface area contributed by atoms with Gasteiger partial charge in [-0.15, -0.1) is 0 Å². The number of rotatable bonds is 6. The largest absolute Gasteiger partial charge is 0.385 e. The second-order valence-corrected chi connectivity index (χ2v) is 6.32. The maximum absolute atomic E-state index is 12.3. The van der Waals surface area contributed by atoms with E-state index in [9.17, 15) is 14.9 Å². The van der Waals surface area contributed by atoms with E-state index in [1.165, 1.54) is 12.1 Å². The highest BCUT2D eigenvalue weighted by atomic mass is 16.7. The first-order valence-corrected chi connectivity index (χ1v) is 8.62. The Kier molecular flexibility index (Phi) is 5.50. The Balaban J connectivity index is 1.35. The van der Waals surface area contributed by atoms with Gasteiger partial charge in [0, 0.05) is 56.7 Å². The van der Waals surface area contributed by atoms with Crippen LogP contribution in [0, 0.1) is 10.1 Å². The van der Waals surface area contributed by atoms with Gasteiger partial charge in [-0.25, -0.2) is 0 Å². The average molecular weight is 349 g/mol. The van der Waals surface area contributed by atoms with Crippen LogP contribution in [0.1, 0.15) is 25.7 Å². The minimum atomic E-state index is -0.450. The SMILES string of the molecule is O=C(CCCNc1ccc([N+](=O)[O-])cc1)N1CCC2(CC1)OCCO2. The van der Waals surface area contributed by atoms with Crippen LogP contribution in [-0.2, 0) is 14.3 Å². The standard InChI is InChI=1S/C17H23N3O5/c21-16(19-10-7-17(8-11-19)24-12-13-25-17)2-1-9-18-14-3-5-15(6-4-14)20(22)23/h3-6,18H,1-2,7-13H2. The molecule has 2 aliphatic rings. The Morgan fingerprint density at radius 2 is 1.84 bits per heavy atom. The van der Waals surface area contributed by atoms with Gasteiger partial charge in [0.25, 0.3) is 5.69 Å². The van der Waals surface area contributed by atoms with Gasteiger partial charge in [-0.1, -0.05) is 0 Å². The molecule has 1 aromatic carbocycles. The molecule has 25 heavy (non-hydrogen) atoms. The lowest BCUT2D eigenvalue weighted by atomic mass is 10.0. The van der Waals surface area contributed by atoms with E-state index >= 15 is 0 Å². The molecule has 0 atom stereocenters. The van der Waals surface area contributed by atoms with Gasteiger partial charge in [-0.2, -0.15) is 0 Å². The first-order valence-electron chi connectivity index (χ1n) is 8.62. The molecule has 1 aromatic rings. The van der Waals surface area contributed by atoms with Crippen molar-refractivity contribution in [1.82, 2.24) is 4.90 Å². The molecule has 0 unspecified atom stereocenters. The van der Waals surface area contributed by atoms with Gasteiger partial charge in [0.2, 0.25) is 5.91 Å². The molecular formula is C17H23N3O5. The number of carbonyl (C=O) groups excluding carboxylic acids is 1. The predicted molar refractivity (Wildman–Crippen MR) is 91.3 cm³/mol. The Labute approximate surface area is 146 Å². The topological polar surface area (TPSA) is 93.9 Å². The fourth-order valence-corrected chi connectivity index (χ4v) is 3.21. The molecule has 0 aliphatic carbocycles. The summed E-state index contributed by atoms with van der Waals surface area (Å²) >= 11 is 0. The molecule has 2 aliphatic heterocycles. The number of hydrogen-bond acceptors (Lipinski definition) is 6. The van der Waals surface area contributed by atoms with E-state index in [0.29, 0.717) is 45.7 Å². The van der Waals surface area contributed by atoms with Crippen LogP contribution in [0.15, 0.2) is 24.3 Å². The smallest absolute Gasteiger partial charge is 0.269 e. The normalized spacial score (nSPS) is 19.1. The molecule has 8 heteroatoms. The molecule has 2 fully saturated rings. The molecule has 3 rings (SSSR count). The number of nitro groups is 1. The molecule has 0 bridgehead atoms. The third kappa shape index (κ3) is 4.46. The number of amides is 1. The molecular weight excluding hydrogens is 326 g/mol. The van der Waals surface area contributed by atoms with Crippen LogP contribution < -0.4 is 5.32 Å². The van der Waals surface area contributed by atoms with Crippen LogP contribution in [0.4, 0.5) is 11.4 Å². The Bertz CT molecular complexity index is 603. The number of nitrogens with one attached hydrogen (secondary N) is 1. The number of piperidine rings is 1. The van der Waals surface area contributed by atoms with Crippen LogP contribution in [0.25, 0.3) is 0 Å². The Hall–Kier alpha value is -2.19. The molecule has 0 radical (unpaired) electrons. The summed E-state index contributed by atoms with van der Waals surface area (Å²) in [5.74, 6) is -0.299. The minimum Gasteiger partial charge on any atom is -0.385 e. The number of non-ortho nitro benzene ring substituents is 1. The van der Waals surface area contributed by atoms with E-state index in [-0.39, 0.29) is 11.6 Å². The highest BCUT2D eigenvalue weighted by Crippen LogP contribution is 2.31. The number of likely N-dealkylation sites (tertiary alicyclic amines) is 1. The molecule has 8 nitrogen and oxygen atoms in total. The van der Waals surface area contributed by atoms with Crippen LogP contribution in [0.5, 0.6) is 0 Å². The number of benzene rings is 1. The van der Waals surface area contributed by atoms with E-state index in [2.05, 4.69) is 5.32 Å². The lowest BCUT2D eigenvalue weighted by Gasteiger charge is -2.37. The number of nitro benzene ring substituents is 1. The number of anilines is 1. The number of hydrogen-bond donors (Lipinski definition) is 1. The molecule has 0 saturated carbocycles. The van der Waals surface area contributed by atoms with Crippen molar-refractivity contribution in [2.75, 3.05) is 38.2 Å². The van der Waals surface area contributed by atoms with Crippen molar-refractivity contribution in [3.63, 3.8) is 0 Å². The summed E-state index contributed by atoms with van der Waals surface area (Å²) in [5.41, 5.74) is 0.882. The third-order valence-electron chi connectivity index (χ3n) is 4.67. The number of carbonyl (C=O) groups is 1. The summed E-state index contributed by atoms with van der Waals surface area (Å²) in [6.07, 6.45) is 2.67. The monoisotopic (exact) mass is 349 g/mol. The first kappa shape index (κ1) is 17.6. The van der Waals surface area contributed by atoms with Crippen LogP contribution in [0.2, 0.25) is 0 Å². The van der Waals surface area contributed by atoms with E-state index < -0.39 is 10.7 Å². The van der Waals surface area contributed by atoms with E-state index in [4.69, 9.17) is 9.47 Å². The molecule has 0 aromatic heterocycles. The minimum absolute atomic E-state index is 0.0684. The summed E-state index contributed by atoms with van der Waals surface area (Å²) in [5, 5.41) is 13.8. The van der Waals surface area contributed by atoms with Crippen molar-refractivity contribution in [3.8, 4) is 0 Å². The van der Waals surface area contributed by atoms with Gasteiger partial charge < -0.3 is 19.7 Å². The summed E-state index contributed by atoms with van der Waals surface area (Å²) in [6, 6.07) is 6.27. The third-order valence-corrected chi connectivity index (χ3v) is 4.67. The van der Waals surface area contributed by atoms with Gasteiger partial charge in [0.1, 0.15) is 0 Å². The summed E-state index contributed by atoms with van der Waals surface area (Å²) in [4.78, 5) is 24.3. The van der Waals surface area contributed by atoms with Gasteiger partial charge in [-0.05, 0) is 18.6 Å². The van der Waals surface area contributed by atoms with Gasteiger partial charge in [0.15, 0.2) is 5.79 Å². The number of ether oxygens (including phenoxy) is 2. The van der Waals surface area contributed by atoms with Crippen molar-refractivity contribution in [2.24, 2.45) is 0 Å². The Morgan fingerprint density at radius 1 is 1.20 bits per heavy atom. The quantitative estimate of drug-likeness (QED) is 0.480. The summed E-state index contributed by atoms with van der Waals surface area (Å²) in [6.45, 7) is 3.28. The number of nitrogens with zero attached hydrogens (tertiary/aromatic N) is 2. The van der Waals surface area contributed by atoms with Crippen molar-refractivity contribution in [3.05, 3.63) is 34.4 Å². The van der Waals surface area contributed by atoms with Crippen molar-refractivity contribution < 1.29 is 19.2 Å². The van der Waals surface area contributed by atoms with Gasteiger partial charge >= 0.3 is 0 Å². The maximum atomic E-state index is 12.3. The van der Waals surface area contributed by atoms with E-state index in [0.717, 1.165) is 18.5 Å². The molecule has 1 amide bonds. The zero-order valence-electron chi connectivity index (χ0n) is 14.1. The van der Waals surface area contributed by atoms with Gasteiger partial charge in [-0.3, -0.25) is 14.9 Å². The summed E-state index contributed by atoms with van der Waals surface area (Å²) < 4.78 is 11.3. The zero-order chi connectivity index (χ0) is 17.7. The highest BCUT2D eigenvalue weighted by Gasteiger charge is 2.40. The second-order valence-electron chi connectivity index (χ2n) is 6.32. The summed E-state index contributed by atoms with van der Waals surface area (Å²) in [7, 11) is 0. The first-order chi connectivity index (χ1) is 12.1. The van der Waals surface area contributed by atoms with E-state index in [1.54, 1.807) is 12.1 Å². The fourth-order valence-electron chi connectivity index (χ4n) is 3.21. The molecule has 2 saturated heterocycles. The van der Waals surface area contributed by atoms with Crippen LogP contribution in [-0.4, -0.2) is 54.4 Å². The average Bonchev–Trinajstić information content (AvgIpc) is 3.07. The van der Waals surface area contributed by atoms with Crippen LogP contribution >= 0.6 is 0 Å². The molecule has 2 heterocycles. The zero-order valence-corrected chi connectivity index (χ0v) is 14.1. The van der Waals surface area contributed by atoms with Crippen molar-refractivity contribution in [1.29, 1.82) is 0 Å². The lowest BCUT2D eigenvalue weighted by molar-refractivity contribution is -0.384. The highest BCUT2D eigenvalue weighted by molar-refractivity contribution is 5.76.